The van der Waals surface area contributed by atoms with Crippen molar-refractivity contribution in [2.75, 3.05) is 5.32 Å². The molecule has 0 radical (unpaired) electrons. The molecule has 2 heterocycles. The van der Waals surface area contributed by atoms with Crippen molar-refractivity contribution in [1.82, 2.24) is 19.6 Å². The number of nitrogens with zero attached hydrogens (tertiary/aromatic N) is 3. The molecule has 0 aliphatic heterocycles. The van der Waals surface area contributed by atoms with Gasteiger partial charge in [-0.1, -0.05) is 12.1 Å². The zero-order valence-electron chi connectivity index (χ0n) is 11.8. The first-order valence-electron chi connectivity index (χ1n) is 7.19. The molecule has 1 aliphatic carbocycles. The Hall–Kier alpha value is -2.70. The largest absolute Gasteiger partial charge is 0.351 e. The molecular formula is C15H14FN5O. The number of fused-ring (bicyclic) bond motifs is 2. The van der Waals surface area contributed by atoms with Gasteiger partial charge in [0.1, 0.15) is 5.82 Å². The van der Waals surface area contributed by atoms with E-state index in [1.165, 1.54) is 16.6 Å². The van der Waals surface area contributed by atoms with Gasteiger partial charge in [-0.15, -0.1) is 0 Å². The van der Waals surface area contributed by atoms with Gasteiger partial charge in [-0.05, 0) is 37.0 Å². The van der Waals surface area contributed by atoms with Gasteiger partial charge in [0, 0.05) is 12.1 Å². The molecule has 112 valence electrons. The van der Waals surface area contributed by atoms with Gasteiger partial charge in [0.15, 0.2) is 0 Å². The predicted molar refractivity (Wildman–Crippen MR) is 79.4 cm³/mol. The molecule has 1 aliphatic rings. The molecule has 0 saturated heterocycles. The average Bonchev–Trinajstić information content (AvgIpc) is 3.14. The summed E-state index contributed by atoms with van der Waals surface area (Å²) in [6.07, 6.45) is 2.59. The van der Waals surface area contributed by atoms with Gasteiger partial charge in [-0.3, -0.25) is 9.89 Å². The third-order valence-corrected chi connectivity index (χ3v) is 3.89. The number of halogens is 1. The van der Waals surface area contributed by atoms with Crippen LogP contribution in [0, 0.1) is 5.82 Å². The third-order valence-electron chi connectivity index (χ3n) is 3.89. The first kappa shape index (κ1) is 13.0. The maximum Gasteiger partial charge on any atom is 0.277 e. The Morgan fingerprint density at radius 2 is 2.05 bits per heavy atom. The van der Waals surface area contributed by atoms with Gasteiger partial charge in [0.05, 0.1) is 5.69 Å². The first-order chi connectivity index (χ1) is 10.7. The second kappa shape index (κ2) is 4.94. The van der Waals surface area contributed by atoms with E-state index in [4.69, 9.17) is 0 Å². The second-order valence-electron chi connectivity index (χ2n) is 5.38. The molecule has 7 heteroatoms. The predicted octanol–water partition coefficient (Wildman–Crippen LogP) is 1.66. The van der Waals surface area contributed by atoms with Crippen molar-refractivity contribution in [3.8, 4) is 0 Å². The van der Waals surface area contributed by atoms with Gasteiger partial charge < -0.3 is 5.32 Å². The third kappa shape index (κ3) is 2.14. The number of hydrogen-bond donors (Lipinski definition) is 2. The lowest BCUT2D eigenvalue weighted by Crippen LogP contribution is -2.20. The van der Waals surface area contributed by atoms with Crippen LogP contribution in [-0.4, -0.2) is 19.6 Å². The van der Waals surface area contributed by atoms with Crippen LogP contribution < -0.4 is 10.9 Å². The smallest absolute Gasteiger partial charge is 0.277 e. The Labute approximate surface area is 125 Å². The highest BCUT2D eigenvalue weighted by Crippen LogP contribution is 2.17. The molecule has 3 aromatic rings. The monoisotopic (exact) mass is 299 g/mol. The van der Waals surface area contributed by atoms with Crippen LogP contribution in [0.3, 0.4) is 0 Å². The first-order valence-corrected chi connectivity index (χ1v) is 7.19. The summed E-state index contributed by atoms with van der Waals surface area (Å²) >= 11 is 0. The van der Waals surface area contributed by atoms with Crippen LogP contribution in [0.1, 0.15) is 23.2 Å². The van der Waals surface area contributed by atoms with Crippen LogP contribution in [0.25, 0.3) is 5.78 Å². The molecule has 1 aromatic carbocycles. The Morgan fingerprint density at radius 3 is 2.86 bits per heavy atom. The van der Waals surface area contributed by atoms with E-state index in [1.807, 2.05) is 0 Å². The number of H-pyrrole nitrogens is 1. The van der Waals surface area contributed by atoms with Crippen molar-refractivity contribution in [3.05, 3.63) is 57.3 Å². The van der Waals surface area contributed by atoms with E-state index in [0.717, 1.165) is 36.1 Å². The van der Waals surface area contributed by atoms with Gasteiger partial charge in [0.25, 0.3) is 11.3 Å². The number of nitrogens with one attached hydrogen (secondary N) is 2. The second-order valence-corrected chi connectivity index (χ2v) is 5.38. The fourth-order valence-corrected chi connectivity index (χ4v) is 2.75. The van der Waals surface area contributed by atoms with E-state index in [0.29, 0.717) is 18.3 Å². The molecule has 0 fully saturated rings. The van der Waals surface area contributed by atoms with Gasteiger partial charge in [-0.2, -0.15) is 9.50 Å². The Kier molecular flexibility index (Phi) is 2.92. The summed E-state index contributed by atoms with van der Waals surface area (Å²) in [6.45, 7) is 0.481. The standard InChI is InChI=1S/C15H14FN5O/c16-10-6-4-9(5-7-10)8-17-14-19-15-18-12-3-1-2-11(12)13(22)21(15)20-14/h4-7H,1-3,8H2,(H2,17,18,19,20). The number of anilines is 1. The molecule has 2 N–H and O–H groups in total. The molecule has 0 spiro atoms. The molecule has 0 amide bonds. The molecule has 0 saturated carbocycles. The Morgan fingerprint density at radius 1 is 1.23 bits per heavy atom. The summed E-state index contributed by atoms with van der Waals surface area (Å²) in [5.41, 5.74) is 2.50. The lowest BCUT2D eigenvalue weighted by atomic mass is 10.2. The van der Waals surface area contributed by atoms with E-state index in [1.54, 1.807) is 12.1 Å². The maximum absolute atomic E-state index is 12.9. The van der Waals surface area contributed by atoms with Crippen molar-refractivity contribution >= 4 is 11.7 Å². The van der Waals surface area contributed by atoms with Gasteiger partial charge >= 0.3 is 0 Å². The van der Waals surface area contributed by atoms with E-state index >= 15 is 0 Å². The van der Waals surface area contributed by atoms with Crippen molar-refractivity contribution in [3.63, 3.8) is 0 Å². The highest BCUT2D eigenvalue weighted by molar-refractivity contribution is 5.40. The number of aryl methyl sites for hydroxylation is 1. The number of hydrogen-bond acceptors (Lipinski definition) is 4. The fraction of sp³-hybridized carbons (Fsp3) is 0.267. The van der Waals surface area contributed by atoms with Crippen molar-refractivity contribution < 1.29 is 4.39 Å². The average molecular weight is 299 g/mol. The SMILES string of the molecule is O=c1c2c(nc3nc(NCc4ccc(F)cc4)[nH]n13)CCC2. The van der Waals surface area contributed by atoms with Crippen molar-refractivity contribution in [1.29, 1.82) is 0 Å². The van der Waals surface area contributed by atoms with Crippen molar-refractivity contribution in [2.24, 2.45) is 0 Å². The van der Waals surface area contributed by atoms with Crippen LogP contribution >= 0.6 is 0 Å². The summed E-state index contributed by atoms with van der Waals surface area (Å²) in [5.74, 6) is 0.586. The van der Waals surface area contributed by atoms with E-state index in [2.05, 4.69) is 20.4 Å². The summed E-state index contributed by atoms with van der Waals surface area (Å²) in [5, 5.41) is 6.00. The molecule has 22 heavy (non-hydrogen) atoms. The minimum atomic E-state index is -0.266. The van der Waals surface area contributed by atoms with Gasteiger partial charge in [0.2, 0.25) is 5.95 Å². The highest BCUT2D eigenvalue weighted by Gasteiger charge is 2.19. The molecule has 0 bridgehead atoms. The molecular weight excluding hydrogens is 285 g/mol. The van der Waals surface area contributed by atoms with Gasteiger partial charge in [-0.25, -0.2) is 9.37 Å². The molecule has 0 unspecified atom stereocenters. The minimum absolute atomic E-state index is 0.0696. The highest BCUT2D eigenvalue weighted by atomic mass is 19.1. The molecule has 4 rings (SSSR count). The van der Waals surface area contributed by atoms with Crippen LogP contribution in [0.4, 0.5) is 10.3 Å². The quantitative estimate of drug-likeness (QED) is 0.771. The van der Waals surface area contributed by atoms with Crippen LogP contribution in [0.5, 0.6) is 0 Å². The summed E-state index contributed by atoms with van der Waals surface area (Å²) in [6, 6.07) is 6.21. The molecule has 0 atom stereocenters. The number of aromatic amines is 1. The number of rotatable bonds is 3. The Balaban J connectivity index is 1.62. The van der Waals surface area contributed by atoms with Crippen LogP contribution in [0.2, 0.25) is 0 Å². The molecule has 2 aromatic heterocycles. The minimum Gasteiger partial charge on any atom is -0.351 e. The maximum atomic E-state index is 12.9. The van der Waals surface area contributed by atoms with Crippen LogP contribution in [0.15, 0.2) is 29.1 Å². The van der Waals surface area contributed by atoms with E-state index < -0.39 is 0 Å². The Bertz CT molecular complexity index is 897. The van der Waals surface area contributed by atoms with Crippen LogP contribution in [-0.2, 0) is 19.4 Å². The summed E-state index contributed by atoms with van der Waals surface area (Å²) < 4.78 is 14.2. The zero-order valence-corrected chi connectivity index (χ0v) is 11.8. The summed E-state index contributed by atoms with van der Waals surface area (Å²) in [7, 11) is 0. The molecule has 6 nitrogen and oxygen atoms in total. The lowest BCUT2D eigenvalue weighted by Gasteiger charge is -2.02. The number of aromatic nitrogens is 4. The van der Waals surface area contributed by atoms with Crippen molar-refractivity contribution in [2.45, 2.75) is 25.8 Å². The topological polar surface area (TPSA) is 75.1 Å². The lowest BCUT2D eigenvalue weighted by molar-refractivity contribution is 0.627. The fourth-order valence-electron chi connectivity index (χ4n) is 2.75. The number of benzene rings is 1. The zero-order chi connectivity index (χ0) is 15.1. The van der Waals surface area contributed by atoms with E-state index in [-0.39, 0.29) is 11.4 Å². The normalized spacial score (nSPS) is 13.5. The van der Waals surface area contributed by atoms with E-state index in [9.17, 15) is 9.18 Å². The summed E-state index contributed by atoms with van der Waals surface area (Å²) in [4.78, 5) is 21.1.